The minimum atomic E-state index is 0.312. The molecule has 1 aromatic carbocycles. The first-order chi connectivity index (χ1) is 9.08. The third-order valence-corrected chi connectivity index (χ3v) is 3.04. The third kappa shape index (κ3) is 3.60. The van der Waals surface area contributed by atoms with Crippen LogP contribution in [0.4, 0.5) is 5.82 Å². The van der Waals surface area contributed by atoms with Crippen molar-refractivity contribution in [1.29, 1.82) is 5.26 Å². The van der Waals surface area contributed by atoms with Crippen molar-refractivity contribution in [2.24, 2.45) is 0 Å². The molecule has 0 unspecified atom stereocenters. The average Bonchev–Trinajstić information content (AvgIpc) is 2.38. The van der Waals surface area contributed by atoms with Gasteiger partial charge in [-0.05, 0) is 29.8 Å². The number of halogens is 2. The molecule has 0 N–H and O–H groups in total. The van der Waals surface area contributed by atoms with Crippen LogP contribution in [0.5, 0.6) is 0 Å². The summed E-state index contributed by atoms with van der Waals surface area (Å²) < 4.78 is 0. The van der Waals surface area contributed by atoms with E-state index >= 15 is 0 Å². The van der Waals surface area contributed by atoms with E-state index < -0.39 is 0 Å². The second-order valence-corrected chi connectivity index (χ2v) is 4.96. The summed E-state index contributed by atoms with van der Waals surface area (Å²) in [7, 11) is 1.89. The van der Waals surface area contributed by atoms with Crippen molar-refractivity contribution in [3.8, 4) is 6.07 Å². The highest BCUT2D eigenvalue weighted by molar-refractivity contribution is 6.30. The molecule has 1 heterocycles. The SMILES string of the molecule is CN(Cc1cccc(Cl)c1)c1cc(C#N)cc(Cl)n1. The highest BCUT2D eigenvalue weighted by Gasteiger charge is 2.07. The van der Waals surface area contributed by atoms with Gasteiger partial charge in [0, 0.05) is 18.6 Å². The topological polar surface area (TPSA) is 39.9 Å². The molecule has 5 heteroatoms. The average molecular weight is 292 g/mol. The second kappa shape index (κ2) is 5.92. The van der Waals surface area contributed by atoms with Crippen LogP contribution in [0.15, 0.2) is 36.4 Å². The first-order valence-corrected chi connectivity index (χ1v) is 6.37. The lowest BCUT2D eigenvalue weighted by molar-refractivity contribution is 0.897. The normalized spacial score (nSPS) is 10.0. The number of anilines is 1. The fourth-order valence-electron chi connectivity index (χ4n) is 1.73. The monoisotopic (exact) mass is 291 g/mol. The Morgan fingerprint density at radius 2 is 2.05 bits per heavy atom. The van der Waals surface area contributed by atoms with Crippen molar-refractivity contribution in [3.63, 3.8) is 0 Å². The molecule has 0 fully saturated rings. The zero-order chi connectivity index (χ0) is 13.8. The Labute approximate surface area is 122 Å². The number of aromatic nitrogens is 1. The summed E-state index contributed by atoms with van der Waals surface area (Å²) in [5.41, 5.74) is 1.56. The predicted octanol–water partition coefficient (Wildman–Crippen LogP) is 3.90. The van der Waals surface area contributed by atoms with Gasteiger partial charge in [-0.1, -0.05) is 35.3 Å². The number of nitrogens with zero attached hydrogens (tertiary/aromatic N) is 3. The van der Waals surface area contributed by atoms with Crippen LogP contribution in [-0.2, 0) is 6.54 Å². The summed E-state index contributed by atoms with van der Waals surface area (Å²) in [5.74, 6) is 0.657. The first kappa shape index (κ1) is 13.7. The minimum Gasteiger partial charge on any atom is -0.355 e. The molecular formula is C14H11Cl2N3. The predicted molar refractivity (Wildman–Crippen MR) is 77.5 cm³/mol. The smallest absolute Gasteiger partial charge is 0.132 e. The molecule has 2 rings (SSSR count). The lowest BCUT2D eigenvalue weighted by Crippen LogP contribution is -2.17. The van der Waals surface area contributed by atoms with E-state index in [9.17, 15) is 0 Å². The third-order valence-electron chi connectivity index (χ3n) is 2.61. The van der Waals surface area contributed by atoms with E-state index in [2.05, 4.69) is 11.1 Å². The van der Waals surface area contributed by atoms with Crippen LogP contribution in [0.3, 0.4) is 0 Å². The highest BCUT2D eigenvalue weighted by Crippen LogP contribution is 2.19. The van der Waals surface area contributed by atoms with Gasteiger partial charge in [-0.3, -0.25) is 0 Å². The van der Waals surface area contributed by atoms with E-state index in [0.717, 1.165) is 5.56 Å². The van der Waals surface area contributed by atoms with Crippen molar-refractivity contribution < 1.29 is 0 Å². The molecule has 0 bridgehead atoms. The Bertz CT molecular complexity index is 635. The molecular weight excluding hydrogens is 281 g/mol. The van der Waals surface area contributed by atoms with Gasteiger partial charge < -0.3 is 4.90 Å². The van der Waals surface area contributed by atoms with E-state index in [1.54, 1.807) is 6.07 Å². The van der Waals surface area contributed by atoms with E-state index in [1.807, 2.05) is 36.2 Å². The minimum absolute atomic E-state index is 0.312. The lowest BCUT2D eigenvalue weighted by Gasteiger charge is -2.18. The van der Waals surface area contributed by atoms with E-state index in [4.69, 9.17) is 28.5 Å². The highest BCUT2D eigenvalue weighted by atomic mass is 35.5. The zero-order valence-corrected chi connectivity index (χ0v) is 11.8. The molecule has 2 aromatic rings. The molecule has 3 nitrogen and oxygen atoms in total. The quantitative estimate of drug-likeness (QED) is 0.805. The fraction of sp³-hybridized carbons (Fsp3) is 0.143. The maximum absolute atomic E-state index is 8.92. The van der Waals surface area contributed by atoms with E-state index in [0.29, 0.717) is 28.1 Å². The summed E-state index contributed by atoms with van der Waals surface area (Å²) >= 11 is 11.8. The van der Waals surface area contributed by atoms with Crippen molar-refractivity contribution in [2.45, 2.75) is 6.54 Å². The summed E-state index contributed by atoms with van der Waals surface area (Å²) in [5, 5.41) is 9.93. The number of nitriles is 1. The molecule has 0 amide bonds. The molecule has 0 spiro atoms. The molecule has 0 atom stereocenters. The van der Waals surface area contributed by atoms with Crippen LogP contribution in [0.2, 0.25) is 10.2 Å². The van der Waals surface area contributed by atoms with Crippen LogP contribution in [-0.4, -0.2) is 12.0 Å². The maximum atomic E-state index is 8.92. The van der Waals surface area contributed by atoms with Crippen LogP contribution >= 0.6 is 23.2 Å². The van der Waals surface area contributed by atoms with Gasteiger partial charge in [-0.2, -0.15) is 5.26 Å². The Balaban J connectivity index is 2.23. The van der Waals surface area contributed by atoms with Crippen molar-refractivity contribution in [3.05, 3.63) is 57.7 Å². The molecule has 0 aliphatic rings. The summed E-state index contributed by atoms with van der Waals surface area (Å²) in [6.45, 7) is 0.638. The standard InChI is InChI=1S/C14H11Cl2N3/c1-19(9-10-3-2-4-12(15)5-10)14-7-11(8-17)6-13(16)18-14/h2-7H,9H2,1H3. The van der Waals surface area contributed by atoms with Crippen molar-refractivity contribution in [1.82, 2.24) is 4.98 Å². The zero-order valence-electron chi connectivity index (χ0n) is 10.3. The van der Waals surface area contributed by atoms with Gasteiger partial charge in [-0.25, -0.2) is 4.98 Å². The molecule has 0 aliphatic heterocycles. The second-order valence-electron chi connectivity index (χ2n) is 4.13. The largest absolute Gasteiger partial charge is 0.355 e. The summed E-state index contributed by atoms with van der Waals surface area (Å²) in [6.07, 6.45) is 0. The molecule has 0 aliphatic carbocycles. The Morgan fingerprint density at radius 1 is 1.26 bits per heavy atom. The lowest BCUT2D eigenvalue weighted by atomic mass is 10.2. The Hall–Kier alpha value is -1.76. The number of hydrogen-bond donors (Lipinski definition) is 0. The molecule has 0 radical (unpaired) electrons. The Kier molecular flexibility index (Phi) is 4.26. The van der Waals surface area contributed by atoms with E-state index in [1.165, 1.54) is 6.07 Å². The van der Waals surface area contributed by atoms with E-state index in [-0.39, 0.29) is 0 Å². The number of hydrogen-bond acceptors (Lipinski definition) is 3. The first-order valence-electron chi connectivity index (χ1n) is 5.62. The van der Waals surface area contributed by atoms with Crippen molar-refractivity contribution >= 4 is 29.0 Å². The molecule has 0 saturated carbocycles. The van der Waals surface area contributed by atoms with Gasteiger partial charge in [-0.15, -0.1) is 0 Å². The maximum Gasteiger partial charge on any atom is 0.132 e. The van der Waals surface area contributed by atoms with Crippen LogP contribution in [0.25, 0.3) is 0 Å². The Morgan fingerprint density at radius 3 is 2.74 bits per heavy atom. The molecule has 0 saturated heterocycles. The number of pyridine rings is 1. The van der Waals surface area contributed by atoms with Crippen LogP contribution in [0, 0.1) is 11.3 Å². The number of rotatable bonds is 3. The molecule has 19 heavy (non-hydrogen) atoms. The summed E-state index contributed by atoms with van der Waals surface area (Å²) in [4.78, 5) is 6.12. The fourth-order valence-corrected chi connectivity index (χ4v) is 2.15. The molecule has 1 aromatic heterocycles. The van der Waals surface area contributed by atoms with Gasteiger partial charge >= 0.3 is 0 Å². The van der Waals surface area contributed by atoms with Crippen molar-refractivity contribution in [2.75, 3.05) is 11.9 Å². The number of benzene rings is 1. The van der Waals surface area contributed by atoms with Gasteiger partial charge in [0.15, 0.2) is 0 Å². The molecule has 96 valence electrons. The summed E-state index contributed by atoms with van der Waals surface area (Å²) in [6, 6.07) is 12.9. The van der Waals surface area contributed by atoms with Gasteiger partial charge in [0.05, 0.1) is 11.6 Å². The van der Waals surface area contributed by atoms with Gasteiger partial charge in [0.2, 0.25) is 0 Å². The van der Waals surface area contributed by atoms with Crippen LogP contribution in [0.1, 0.15) is 11.1 Å². The van der Waals surface area contributed by atoms with Gasteiger partial charge in [0.1, 0.15) is 11.0 Å². The van der Waals surface area contributed by atoms with Gasteiger partial charge in [0.25, 0.3) is 0 Å². The van der Waals surface area contributed by atoms with Crippen LogP contribution < -0.4 is 4.90 Å².